The summed E-state index contributed by atoms with van der Waals surface area (Å²) in [5.41, 5.74) is 0.442. The van der Waals surface area contributed by atoms with Crippen LogP contribution in [0.2, 0.25) is 0 Å². The molecular formula is C14H17NO4. The normalized spacial score (nSPS) is 16.5. The maximum atomic E-state index is 12.3. The Morgan fingerprint density at radius 2 is 1.89 bits per heavy atom. The minimum atomic E-state index is -1.42. The van der Waals surface area contributed by atoms with E-state index in [1.165, 1.54) is 10.5 Å². The highest BCUT2D eigenvalue weighted by molar-refractivity contribution is 6.10. The zero-order chi connectivity index (χ0) is 14.0. The number of carbonyl (C=O) groups is 2. The number of carbonyl (C=O) groups excluding carboxylic acids is 1. The van der Waals surface area contributed by atoms with Gasteiger partial charge in [0.2, 0.25) is 5.91 Å². The van der Waals surface area contributed by atoms with Crippen LogP contribution in [0.1, 0.15) is 12.5 Å². The number of amides is 1. The van der Waals surface area contributed by atoms with E-state index in [9.17, 15) is 14.7 Å². The average molecular weight is 263 g/mol. The Hall–Kier alpha value is -1.88. The Labute approximate surface area is 111 Å². The molecule has 1 aromatic carbocycles. The van der Waals surface area contributed by atoms with Crippen molar-refractivity contribution in [2.24, 2.45) is 5.41 Å². The highest BCUT2D eigenvalue weighted by Crippen LogP contribution is 2.31. The fraction of sp³-hybridized carbons (Fsp3) is 0.429. The smallest absolute Gasteiger partial charge is 0.324 e. The van der Waals surface area contributed by atoms with E-state index in [-0.39, 0.29) is 13.2 Å². The van der Waals surface area contributed by atoms with Crippen LogP contribution >= 0.6 is 0 Å². The SMILES string of the molecule is CCc1ccc(N(C)C(=O)C2(C(=O)O)COC2)cc1. The van der Waals surface area contributed by atoms with Crippen LogP contribution in [0.3, 0.4) is 0 Å². The van der Waals surface area contributed by atoms with Crippen molar-refractivity contribution in [2.75, 3.05) is 25.2 Å². The molecule has 1 fully saturated rings. The molecule has 0 saturated carbocycles. The maximum Gasteiger partial charge on any atom is 0.324 e. The Bertz CT molecular complexity index is 491. The fourth-order valence-electron chi connectivity index (χ4n) is 2.04. The quantitative estimate of drug-likeness (QED) is 0.832. The van der Waals surface area contributed by atoms with Crippen LogP contribution in [-0.4, -0.2) is 37.2 Å². The summed E-state index contributed by atoms with van der Waals surface area (Å²) in [6.07, 6.45) is 0.921. The molecule has 0 unspecified atom stereocenters. The second-order valence-corrected chi connectivity index (χ2v) is 4.76. The average Bonchev–Trinajstić information content (AvgIpc) is 2.36. The molecule has 5 nitrogen and oxygen atoms in total. The number of nitrogens with zero attached hydrogens (tertiary/aromatic N) is 1. The molecule has 19 heavy (non-hydrogen) atoms. The van der Waals surface area contributed by atoms with E-state index >= 15 is 0 Å². The Balaban J connectivity index is 2.20. The first-order chi connectivity index (χ1) is 9.01. The van der Waals surface area contributed by atoms with Crippen LogP contribution in [0, 0.1) is 5.41 Å². The molecule has 0 radical (unpaired) electrons. The predicted octanol–water partition coefficient (Wildman–Crippen LogP) is 1.31. The van der Waals surface area contributed by atoms with Crippen molar-refractivity contribution in [3.63, 3.8) is 0 Å². The first-order valence-corrected chi connectivity index (χ1v) is 6.19. The monoisotopic (exact) mass is 263 g/mol. The molecule has 0 spiro atoms. The van der Waals surface area contributed by atoms with E-state index in [1.807, 2.05) is 24.3 Å². The summed E-state index contributed by atoms with van der Waals surface area (Å²) >= 11 is 0. The Morgan fingerprint density at radius 3 is 2.26 bits per heavy atom. The lowest BCUT2D eigenvalue weighted by molar-refractivity contribution is -0.183. The lowest BCUT2D eigenvalue weighted by Gasteiger charge is -2.38. The molecule has 0 aliphatic carbocycles. The van der Waals surface area contributed by atoms with Crippen molar-refractivity contribution in [1.29, 1.82) is 0 Å². The lowest BCUT2D eigenvalue weighted by atomic mass is 9.84. The first kappa shape index (κ1) is 13.5. The summed E-state index contributed by atoms with van der Waals surface area (Å²) in [7, 11) is 1.59. The number of carboxylic acids is 1. The van der Waals surface area contributed by atoms with Gasteiger partial charge in [-0.2, -0.15) is 0 Å². The van der Waals surface area contributed by atoms with Gasteiger partial charge in [-0.3, -0.25) is 9.59 Å². The van der Waals surface area contributed by atoms with Crippen LogP contribution in [0.4, 0.5) is 5.69 Å². The van der Waals surface area contributed by atoms with E-state index < -0.39 is 17.3 Å². The minimum Gasteiger partial charge on any atom is -0.480 e. The molecule has 1 aliphatic rings. The summed E-state index contributed by atoms with van der Waals surface area (Å²) in [4.78, 5) is 24.9. The van der Waals surface area contributed by atoms with Gasteiger partial charge < -0.3 is 14.7 Å². The van der Waals surface area contributed by atoms with Gasteiger partial charge in [-0.05, 0) is 24.1 Å². The van der Waals surface area contributed by atoms with Gasteiger partial charge in [0.15, 0.2) is 5.41 Å². The highest BCUT2D eigenvalue weighted by Gasteiger charge is 2.54. The van der Waals surface area contributed by atoms with Crippen LogP contribution in [0.5, 0.6) is 0 Å². The van der Waals surface area contributed by atoms with Crippen molar-refractivity contribution in [3.8, 4) is 0 Å². The second-order valence-electron chi connectivity index (χ2n) is 4.76. The van der Waals surface area contributed by atoms with E-state index in [0.29, 0.717) is 5.69 Å². The third-order valence-corrected chi connectivity index (χ3v) is 3.55. The molecule has 2 rings (SSSR count). The zero-order valence-corrected chi connectivity index (χ0v) is 11.0. The summed E-state index contributed by atoms with van der Waals surface area (Å²) in [6, 6.07) is 7.52. The minimum absolute atomic E-state index is 0.0570. The summed E-state index contributed by atoms with van der Waals surface area (Å²) in [5.74, 6) is -1.56. The molecule has 0 bridgehead atoms. The number of aryl methyl sites for hydroxylation is 1. The third-order valence-electron chi connectivity index (χ3n) is 3.55. The number of aliphatic carboxylic acids is 1. The van der Waals surface area contributed by atoms with Crippen LogP contribution in [0.15, 0.2) is 24.3 Å². The maximum absolute atomic E-state index is 12.3. The predicted molar refractivity (Wildman–Crippen MR) is 70.1 cm³/mol. The topological polar surface area (TPSA) is 66.8 Å². The van der Waals surface area contributed by atoms with Crippen molar-refractivity contribution >= 4 is 17.6 Å². The molecular weight excluding hydrogens is 246 g/mol. The zero-order valence-electron chi connectivity index (χ0n) is 11.0. The number of hydrogen-bond acceptors (Lipinski definition) is 3. The van der Waals surface area contributed by atoms with Crippen molar-refractivity contribution < 1.29 is 19.4 Å². The van der Waals surface area contributed by atoms with E-state index in [1.54, 1.807) is 7.05 Å². The second kappa shape index (κ2) is 5.01. The standard InChI is InChI=1S/C14H17NO4/c1-3-10-4-6-11(7-5-10)15(2)12(16)14(13(17)18)8-19-9-14/h4-7H,3,8-9H2,1-2H3,(H,17,18). The summed E-state index contributed by atoms with van der Waals surface area (Å²) in [5, 5.41) is 9.20. The number of benzene rings is 1. The molecule has 0 aromatic heterocycles. The molecule has 1 heterocycles. The molecule has 1 saturated heterocycles. The highest BCUT2D eigenvalue weighted by atomic mass is 16.5. The summed E-state index contributed by atoms with van der Waals surface area (Å²) in [6.45, 7) is 1.94. The molecule has 102 valence electrons. The van der Waals surface area contributed by atoms with E-state index in [0.717, 1.165) is 6.42 Å². The van der Waals surface area contributed by atoms with Crippen LogP contribution in [-0.2, 0) is 20.7 Å². The summed E-state index contributed by atoms with van der Waals surface area (Å²) < 4.78 is 4.91. The van der Waals surface area contributed by atoms with Gasteiger partial charge >= 0.3 is 5.97 Å². The number of anilines is 1. The Morgan fingerprint density at radius 1 is 1.32 bits per heavy atom. The third kappa shape index (κ3) is 2.21. The van der Waals surface area contributed by atoms with Gasteiger partial charge in [-0.1, -0.05) is 19.1 Å². The van der Waals surface area contributed by atoms with Crippen molar-refractivity contribution in [1.82, 2.24) is 0 Å². The fourth-order valence-corrected chi connectivity index (χ4v) is 2.04. The molecule has 1 aromatic rings. The molecule has 1 aliphatic heterocycles. The van der Waals surface area contributed by atoms with Gasteiger partial charge in [0.25, 0.3) is 0 Å². The first-order valence-electron chi connectivity index (χ1n) is 6.19. The number of rotatable bonds is 4. The van der Waals surface area contributed by atoms with Gasteiger partial charge in [-0.15, -0.1) is 0 Å². The van der Waals surface area contributed by atoms with Gasteiger partial charge in [0.05, 0.1) is 13.2 Å². The van der Waals surface area contributed by atoms with Gasteiger partial charge in [-0.25, -0.2) is 0 Å². The van der Waals surface area contributed by atoms with Gasteiger partial charge in [0, 0.05) is 12.7 Å². The molecule has 0 atom stereocenters. The van der Waals surface area contributed by atoms with Crippen LogP contribution in [0.25, 0.3) is 0 Å². The van der Waals surface area contributed by atoms with Gasteiger partial charge in [0.1, 0.15) is 0 Å². The Kier molecular flexibility index (Phi) is 3.57. The van der Waals surface area contributed by atoms with Crippen LogP contribution < -0.4 is 4.90 Å². The number of ether oxygens (including phenoxy) is 1. The van der Waals surface area contributed by atoms with Crippen molar-refractivity contribution in [2.45, 2.75) is 13.3 Å². The molecule has 1 N–H and O–H groups in total. The lowest BCUT2D eigenvalue weighted by Crippen LogP contribution is -2.59. The van der Waals surface area contributed by atoms with E-state index in [2.05, 4.69) is 6.92 Å². The number of carboxylic acid groups (broad SMARTS) is 1. The largest absolute Gasteiger partial charge is 0.480 e. The molecule has 5 heteroatoms. The molecule has 1 amide bonds. The number of hydrogen-bond donors (Lipinski definition) is 1. The van der Waals surface area contributed by atoms with E-state index in [4.69, 9.17) is 4.74 Å². The van der Waals surface area contributed by atoms with Crippen molar-refractivity contribution in [3.05, 3.63) is 29.8 Å².